The van der Waals surface area contributed by atoms with Gasteiger partial charge in [-0.25, -0.2) is 0 Å². The van der Waals surface area contributed by atoms with Crippen molar-refractivity contribution in [2.45, 2.75) is 120 Å². The van der Waals surface area contributed by atoms with Gasteiger partial charge in [0, 0.05) is 0 Å². The van der Waals surface area contributed by atoms with Crippen LogP contribution in [0, 0.1) is 0 Å². The molecule has 0 aliphatic heterocycles. The predicted octanol–water partition coefficient (Wildman–Crippen LogP) is 3.05. The first kappa shape index (κ1) is 19.2. The molecule has 0 aromatic heterocycles. The highest BCUT2D eigenvalue weighted by atomic mass is 16.4. The second-order valence-electron chi connectivity index (χ2n) is 7.85. The van der Waals surface area contributed by atoms with E-state index in [1.807, 2.05) is 0 Å². The molecule has 0 saturated heterocycles. The van der Waals surface area contributed by atoms with E-state index in [4.69, 9.17) is 0 Å². The summed E-state index contributed by atoms with van der Waals surface area (Å²) in [6.45, 7) is 0. The van der Waals surface area contributed by atoms with Gasteiger partial charge in [-0.05, 0) is 25.7 Å². The van der Waals surface area contributed by atoms with Crippen molar-refractivity contribution >= 4 is 0 Å². The molecule has 4 heteroatoms. The molecule has 2 rings (SSSR count). The van der Waals surface area contributed by atoms with Crippen molar-refractivity contribution in [2.24, 2.45) is 0 Å². The zero-order valence-electron chi connectivity index (χ0n) is 14.6. The SMILES string of the molecule is OC1CCCCCCCCC1(O)C1(O)CCCCCCCC1O. The van der Waals surface area contributed by atoms with E-state index < -0.39 is 23.4 Å². The highest BCUT2D eigenvalue weighted by molar-refractivity contribution is 5.08. The summed E-state index contributed by atoms with van der Waals surface area (Å²) < 4.78 is 0. The van der Waals surface area contributed by atoms with Crippen LogP contribution < -0.4 is 0 Å². The lowest BCUT2D eigenvalue weighted by atomic mass is 9.67. The number of hydrogen-bond donors (Lipinski definition) is 4. The molecule has 2 saturated carbocycles. The van der Waals surface area contributed by atoms with Crippen LogP contribution in [0.1, 0.15) is 96.3 Å². The van der Waals surface area contributed by atoms with Crippen molar-refractivity contribution in [1.29, 1.82) is 0 Å². The molecule has 4 atom stereocenters. The van der Waals surface area contributed by atoms with Gasteiger partial charge < -0.3 is 20.4 Å². The van der Waals surface area contributed by atoms with Gasteiger partial charge in [0.15, 0.2) is 0 Å². The van der Waals surface area contributed by atoms with Gasteiger partial charge in [-0.15, -0.1) is 0 Å². The van der Waals surface area contributed by atoms with E-state index in [1.54, 1.807) is 0 Å². The first-order valence-corrected chi connectivity index (χ1v) is 9.81. The van der Waals surface area contributed by atoms with E-state index in [-0.39, 0.29) is 0 Å². The third-order valence-electron chi connectivity index (χ3n) is 6.17. The maximum Gasteiger partial charge on any atom is 0.122 e. The molecule has 4 unspecified atom stereocenters. The summed E-state index contributed by atoms with van der Waals surface area (Å²) >= 11 is 0. The Labute approximate surface area is 140 Å². The summed E-state index contributed by atoms with van der Waals surface area (Å²) in [6, 6.07) is 0. The molecular weight excluding hydrogens is 292 g/mol. The van der Waals surface area contributed by atoms with Crippen LogP contribution in [0.5, 0.6) is 0 Å². The molecule has 0 amide bonds. The quantitative estimate of drug-likeness (QED) is 0.596. The zero-order valence-corrected chi connectivity index (χ0v) is 14.6. The highest BCUT2D eigenvalue weighted by Crippen LogP contribution is 2.42. The van der Waals surface area contributed by atoms with Gasteiger partial charge in [-0.3, -0.25) is 0 Å². The lowest BCUT2D eigenvalue weighted by molar-refractivity contribution is -0.248. The third kappa shape index (κ3) is 4.47. The van der Waals surface area contributed by atoms with E-state index in [2.05, 4.69) is 0 Å². The zero-order chi connectivity index (χ0) is 16.8. The van der Waals surface area contributed by atoms with Gasteiger partial charge in [0.1, 0.15) is 11.2 Å². The molecule has 2 aliphatic carbocycles. The predicted molar refractivity (Wildman–Crippen MR) is 91.2 cm³/mol. The Balaban J connectivity index is 2.24. The molecule has 4 N–H and O–H groups in total. The van der Waals surface area contributed by atoms with Crippen LogP contribution in [0.4, 0.5) is 0 Å². The van der Waals surface area contributed by atoms with E-state index >= 15 is 0 Å². The number of aliphatic hydroxyl groups excluding tert-OH is 2. The minimum absolute atomic E-state index is 0.377. The molecule has 136 valence electrons. The van der Waals surface area contributed by atoms with Crippen molar-refractivity contribution in [2.75, 3.05) is 0 Å². The van der Waals surface area contributed by atoms with Gasteiger partial charge >= 0.3 is 0 Å². The summed E-state index contributed by atoms with van der Waals surface area (Å²) in [4.78, 5) is 0. The lowest BCUT2D eigenvalue weighted by Crippen LogP contribution is -2.66. The van der Waals surface area contributed by atoms with Gasteiger partial charge in [-0.1, -0.05) is 70.6 Å². The molecule has 4 nitrogen and oxygen atoms in total. The van der Waals surface area contributed by atoms with Crippen LogP contribution >= 0.6 is 0 Å². The van der Waals surface area contributed by atoms with Crippen LogP contribution in [0.25, 0.3) is 0 Å². The smallest absolute Gasteiger partial charge is 0.122 e. The average molecular weight is 328 g/mol. The summed E-state index contributed by atoms with van der Waals surface area (Å²) in [5, 5.41) is 44.1. The Morgan fingerprint density at radius 1 is 0.478 bits per heavy atom. The highest BCUT2D eigenvalue weighted by Gasteiger charge is 2.56. The van der Waals surface area contributed by atoms with E-state index in [1.165, 1.54) is 6.42 Å². The Morgan fingerprint density at radius 3 is 1.17 bits per heavy atom. The molecule has 2 aliphatic rings. The van der Waals surface area contributed by atoms with Crippen LogP contribution in [-0.4, -0.2) is 43.8 Å². The molecule has 0 bridgehead atoms. The van der Waals surface area contributed by atoms with Crippen LogP contribution in [0.2, 0.25) is 0 Å². The third-order valence-corrected chi connectivity index (χ3v) is 6.17. The molecule has 0 aromatic rings. The van der Waals surface area contributed by atoms with Crippen LogP contribution in [0.15, 0.2) is 0 Å². The van der Waals surface area contributed by atoms with Gasteiger partial charge in [0.05, 0.1) is 12.2 Å². The van der Waals surface area contributed by atoms with Crippen LogP contribution in [0.3, 0.4) is 0 Å². The first-order chi connectivity index (χ1) is 11.0. The fourth-order valence-electron chi connectivity index (χ4n) is 4.52. The van der Waals surface area contributed by atoms with Crippen molar-refractivity contribution in [3.05, 3.63) is 0 Å². The second-order valence-corrected chi connectivity index (χ2v) is 7.85. The summed E-state index contributed by atoms with van der Waals surface area (Å²) in [5.74, 6) is 0. The number of rotatable bonds is 1. The fraction of sp³-hybridized carbons (Fsp3) is 1.00. The van der Waals surface area contributed by atoms with E-state index in [0.717, 1.165) is 64.2 Å². The molecule has 0 spiro atoms. The number of aliphatic hydroxyl groups is 4. The molecule has 0 heterocycles. The van der Waals surface area contributed by atoms with Crippen molar-refractivity contribution in [1.82, 2.24) is 0 Å². The molecular formula is C19H36O4. The monoisotopic (exact) mass is 328 g/mol. The van der Waals surface area contributed by atoms with Crippen molar-refractivity contribution < 1.29 is 20.4 Å². The van der Waals surface area contributed by atoms with Crippen molar-refractivity contribution in [3.8, 4) is 0 Å². The minimum Gasteiger partial charge on any atom is -0.390 e. The standard InChI is InChI=1S/C19H36O4/c20-16-12-8-4-1-2-6-10-14-18(16,22)19(23)15-11-7-3-5-9-13-17(19)21/h16-17,20-23H,1-15H2. The maximum absolute atomic E-state index is 11.4. The fourth-order valence-corrected chi connectivity index (χ4v) is 4.52. The van der Waals surface area contributed by atoms with Gasteiger partial charge in [0.25, 0.3) is 0 Å². The average Bonchev–Trinajstić information content (AvgIpc) is 2.62. The summed E-state index contributed by atoms with van der Waals surface area (Å²) in [6.07, 6.45) is 10.8. The van der Waals surface area contributed by atoms with E-state index in [9.17, 15) is 20.4 Å². The topological polar surface area (TPSA) is 80.9 Å². The maximum atomic E-state index is 11.4. The Bertz CT molecular complexity index is 348. The first-order valence-electron chi connectivity index (χ1n) is 9.81. The molecule has 0 radical (unpaired) electrons. The molecule has 2 fully saturated rings. The Morgan fingerprint density at radius 2 is 0.783 bits per heavy atom. The van der Waals surface area contributed by atoms with Gasteiger partial charge in [-0.2, -0.15) is 0 Å². The van der Waals surface area contributed by atoms with Crippen molar-refractivity contribution in [3.63, 3.8) is 0 Å². The van der Waals surface area contributed by atoms with Gasteiger partial charge in [0.2, 0.25) is 0 Å². The lowest BCUT2D eigenvalue weighted by Gasteiger charge is -2.49. The normalized spacial score (nSPS) is 42.3. The van der Waals surface area contributed by atoms with Crippen LogP contribution in [-0.2, 0) is 0 Å². The molecule has 0 aromatic carbocycles. The molecule has 23 heavy (non-hydrogen) atoms. The number of hydrogen-bond acceptors (Lipinski definition) is 4. The summed E-state index contributed by atoms with van der Waals surface area (Å²) in [5.41, 5.74) is -3.18. The summed E-state index contributed by atoms with van der Waals surface area (Å²) in [7, 11) is 0. The minimum atomic E-state index is -1.59. The largest absolute Gasteiger partial charge is 0.390 e. The Kier molecular flexibility index (Phi) is 7.33. The Hall–Kier alpha value is -0.160. The van der Waals surface area contributed by atoms with E-state index in [0.29, 0.717) is 25.7 Å². The second kappa shape index (κ2) is 8.80.